The summed E-state index contributed by atoms with van der Waals surface area (Å²) in [5.74, 6) is 0.925. The molecule has 0 unspecified atom stereocenters. The van der Waals surface area contributed by atoms with Crippen LogP contribution in [0.4, 0.5) is 0 Å². The lowest BCUT2D eigenvalue weighted by Crippen LogP contribution is -2.43. The predicted octanol–water partition coefficient (Wildman–Crippen LogP) is 3.14. The van der Waals surface area contributed by atoms with E-state index in [4.69, 9.17) is 5.26 Å². The molecular formula is C17H24N2O2S. The summed E-state index contributed by atoms with van der Waals surface area (Å²) in [4.78, 5) is 0. The van der Waals surface area contributed by atoms with Crippen LogP contribution in [-0.2, 0) is 10.0 Å². The van der Waals surface area contributed by atoms with E-state index in [2.05, 4.69) is 25.1 Å². The number of hydrogen-bond donors (Lipinski definition) is 0. The SMILES string of the molecule is C[C@@H]1CN(S(=O)(=O)CCCCC#N)CC[C@H]1c1ccccc1. The minimum absolute atomic E-state index is 0.164. The van der Waals surface area contributed by atoms with E-state index in [-0.39, 0.29) is 5.75 Å². The van der Waals surface area contributed by atoms with Crippen molar-refractivity contribution in [2.75, 3.05) is 18.8 Å². The predicted molar refractivity (Wildman–Crippen MR) is 87.8 cm³/mol. The molecule has 1 heterocycles. The topological polar surface area (TPSA) is 61.2 Å². The van der Waals surface area contributed by atoms with Crippen LogP contribution in [0.1, 0.15) is 44.1 Å². The summed E-state index contributed by atoms with van der Waals surface area (Å²) < 4.78 is 26.4. The van der Waals surface area contributed by atoms with Crippen LogP contribution in [0.15, 0.2) is 30.3 Å². The van der Waals surface area contributed by atoms with Crippen molar-refractivity contribution in [3.63, 3.8) is 0 Å². The number of nitrogens with zero attached hydrogens (tertiary/aromatic N) is 2. The maximum absolute atomic E-state index is 12.4. The summed E-state index contributed by atoms with van der Waals surface area (Å²) in [6.07, 6.45) is 2.54. The van der Waals surface area contributed by atoms with Gasteiger partial charge in [-0.2, -0.15) is 5.26 Å². The van der Waals surface area contributed by atoms with Crippen molar-refractivity contribution in [1.29, 1.82) is 5.26 Å². The summed E-state index contributed by atoms with van der Waals surface area (Å²) in [5, 5.41) is 8.51. The van der Waals surface area contributed by atoms with Gasteiger partial charge in [0.15, 0.2) is 0 Å². The monoisotopic (exact) mass is 320 g/mol. The molecule has 2 rings (SSSR count). The fourth-order valence-corrected chi connectivity index (χ4v) is 4.85. The van der Waals surface area contributed by atoms with E-state index in [9.17, 15) is 8.42 Å². The van der Waals surface area contributed by atoms with Gasteiger partial charge < -0.3 is 0 Å². The Balaban J connectivity index is 1.93. The molecule has 0 aliphatic carbocycles. The molecule has 2 atom stereocenters. The molecule has 4 nitrogen and oxygen atoms in total. The smallest absolute Gasteiger partial charge is 0.212 e. The molecule has 1 aliphatic heterocycles. The number of piperidine rings is 1. The lowest BCUT2D eigenvalue weighted by molar-refractivity contribution is 0.248. The van der Waals surface area contributed by atoms with Gasteiger partial charge in [0.2, 0.25) is 10.0 Å². The number of nitriles is 1. The van der Waals surface area contributed by atoms with Crippen molar-refractivity contribution in [1.82, 2.24) is 4.31 Å². The summed E-state index contributed by atoms with van der Waals surface area (Å²) in [6, 6.07) is 12.4. The van der Waals surface area contributed by atoms with Gasteiger partial charge in [0, 0.05) is 19.5 Å². The van der Waals surface area contributed by atoms with Gasteiger partial charge in [-0.25, -0.2) is 12.7 Å². The van der Waals surface area contributed by atoms with Gasteiger partial charge in [0.05, 0.1) is 11.8 Å². The highest BCUT2D eigenvalue weighted by atomic mass is 32.2. The van der Waals surface area contributed by atoms with Crippen LogP contribution in [0.25, 0.3) is 0 Å². The summed E-state index contributed by atoms with van der Waals surface area (Å²) >= 11 is 0. The third-order valence-corrected chi connectivity index (χ3v) is 6.35. The maximum atomic E-state index is 12.4. The molecule has 0 saturated carbocycles. The number of hydrogen-bond acceptors (Lipinski definition) is 3. The zero-order valence-electron chi connectivity index (χ0n) is 13.1. The molecule has 0 amide bonds. The van der Waals surface area contributed by atoms with Gasteiger partial charge in [-0.1, -0.05) is 37.3 Å². The highest BCUT2D eigenvalue weighted by Gasteiger charge is 2.32. The van der Waals surface area contributed by atoms with Gasteiger partial charge in [-0.05, 0) is 36.7 Å². The third kappa shape index (κ3) is 4.31. The van der Waals surface area contributed by atoms with Crippen molar-refractivity contribution in [2.24, 2.45) is 5.92 Å². The molecule has 0 bridgehead atoms. The number of rotatable bonds is 6. The molecular weight excluding hydrogens is 296 g/mol. The second-order valence-electron chi connectivity index (χ2n) is 6.07. The third-order valence-electron chi connectivity index (χ3n) is 4.43. The molecule has 1 saturated heterocycles. The second kappa shape index (κ2) is 7.75. The Bertz CT molecular complexity index is 607. The molecule has 22 heavy (non-hydrogen) atoms. The van der Waals surface area contributed by atoms with E-state index in [1.54, 1.807) is 4.31 Å². The molecule has 0 spiro atoms. The Hall–Kier alpha value is -1.38. The summed E-state index contributed by atoms with van der Waals surface area (Å²) in [6.45, 7) is 3.33. The number of sulfonamides is 1. The Labute approximate surface area is 133 Å². The van der Waals surface area contributed by atoms with Crippen LogP contribution in [0.3, 0.4) is 0 Å². The highest BCUT2D eigenvalue weighted by Crippen LogP contribution is 2.33. The standard InChI is InChI=1S/C17H24N2O2S/c1-15-14-19(22(20,21)13-7-3-6-11-18)12-10-17(15)16-8-4-2-5-9-16/h2,4-5,8-9,15,17H,3,6-7,10,12-14H2,1H3/t15-,17-/m1/s1. The Morgan fingerprint density at radius 3 is 2.64 bits per heavy atom. The zero-order valence-corrected chi connectivity index (χ0v) is 13.9. The van der Waals surface area contributed by atoms with Crippen LogP contribution in [0.2, 0.25) is 0 Å². The molecule has 0 N–H and O–H groups in total. The second-order valence-corrected chi connectivity index (χ2v) is 8.16. The van der Waals surface area contributed by atoms with Gasteiger partial charge >= 0.3 is 0 Å². The van der Waals surface area contributed by atoms with Crippen LogP contribution < -0.4 is 0 Å². The molecule has 1 aromatic carbocycles. The van der Waals surface area contributed by atoms with E-state index in [1.165, 1.54) is 5.56 Å². The molecule has 0 radical (unpaired) electrons. The summed E-state index contributed by atoms with van der Waals surface area (Å²) in [5.41, 5.74) is 1.31. The lowest BCUT2D eigenvalue weighted by Gasteiger charge is -2.36. The molecule has 5 heteroatoms. The normalized spacial score (nSPS) is 23.1. The van der Waals surface area contributed by atoms with E-state index in [1.807, 2.05) is 18.2 Å². The minimum atomic E-state index is -3.18. The van der Waals surface area contributed by atoms with Crippen LogP contribution in [0.5, 0.6) is 0 Å². The van der Waals surface area contributed by atoms with Crippen LogP contribution in [0, 0.1) is 17.2 Å². The van der Waals surface area contributed by atoms with Crippen molar-refractivity contribution in [3.8, 4) is 6.07 Å². The Morgan fingerprint density at radius 1 is 1.27 bits per heavy atom. The van der Waals surface area contributed by atoms with E-state index < -0.39 is 10.0 Å². The van der Waals surface area contributed by atoms with Crippen LogP contribution >= 0.6 is 0 Å². The quantitative estimate of drug-likeness (QED) is 0.757. The van der Waals surface area contributed by atoms with Gasteiger partial charge in [-0.15, -0.1) is 0 Å². The molecule has 1 aromatic rings. The van der Waals surface area contributed by atoms with Gasteiger partial charge in [0.1, 0.15) is 0 Å². The average Bonchev–Trinajstić information content (AvgIpc) is 2.52. The first kappa shape index (κ1) is 17.0. The number of benzene rings is 1. The van der Waals surface area contributed by atoms with E-state index in [0.717, 1.165) is 6.42 Å². The Morgan fingerprint density at radius 2 is 2.00 bits per heavy atom. The maximum Gasteiger partial charge on any atom is 0.214 e. The first-order chi connectivity index (χ1) is 10.5. The molecule has 1 aliphatic rings. The molecule has 120 valence electrons. The number of unbranched alkanes of at least 4 members (excludes halogenated alkanes) is 2. The van der Waals surface area contributed by atoms with Crippen LogP contribution in [-0.4, -0.2) is 31.6 Å². The fourth-order valence-electron chi connectivity index (χ4n) is 3.17. The molecule has 1 fully saturated rings. The molecule has 0 aromatic heterocycles. The highest BCUT2D eigenvalue weighted by molar-refractivity contribution is 7.89. The average molecular weight is 320 g/mol. The zero-order chi connectivity index (χ0) is 16.0. The van der Waals surface area contributed by atoms with E-state index >= 15 is 0 Å². The van der Waals surface area contributed by atoms with Crippen molar-refractivity contribution >= 4 is 10.0 Å². The van der Waals surface area contributed by atoms with Crippen molar-refractivity contribution in [3.05, 3.63) is 35.9 Å². The largest absolute Gasteiger partial charge is 0.214 e. The minimum Gasteiger partial charge on any atom is -0.212 e. The van der Waals surface area contributed by atoms with E-state index in [0.29, 0.717) is 44.2 Å². The van der Waals surface area contributed by atoms with Crippen molar-refractivity contribution in [2.45, 2.75) is 38.5 Å². The first-order valence-corrected chi connectivity index (χ1v) is 9.55. The van der Waals surface area contributed by atoms with Crippen molar-refractivity contribution < 1.29 is 8.42 Å². The fraction of sp³-hybridized carbons (Fsp3) is 0.588. The van der Waals surface area contributed by atoms with Gasteiger partial charge in [0.25, 0.3) is 0 Å². The van der Waals surface area contributed by atoms with Gasteiger partial charge in [-0.3, -0.25) is 0 Å². The lowest BCUT2D eigenvalue weighted by atomic mass is 9.82. The Kier molecular flexibility index (Phi) is 5.98. The summed E-state index contributed by atoms with van der Waals surface area (Å²) in [7, 11) is -3.18. The first-order valence-electron chi connectivity index (χ1n) is 7.94.